The van der Waals surface area contributed by atoms with Crippen LogP contribution in [0.1, 0.15) is 10.4 Å². The molecular formula is C11H15NO3S2. The van der Waals surface area contributed by atoms with Crippen LogP contribution in [0.2, 0.25) is 0 Å². The molecule has 4 nitrogen and oxygen atoms in total. The zero-order valence-corrected chi connectivity index (χ0v) is 11.5. The first-order valence-corrected chi connectivity index (χ1v) is 7.52. The fourth-order valence-corrected chi connectivity index (χ4v) is 1.98. The average molecular weight is 273 g/mol. The van der Waals surface area contributed by atoms with Crippen molar-refractivity contribution in [1.29, 1.82) is 0 Å². The maximum absolute atomic E-state index is 11.9. The number of nitrogens with zero attached hydrogens (tertiary/aromatic N) is 1. The van der Waals surface area contributed by atoms with Gasteiger partial charge in [-0.05, 0) is 24.3 Å². The van der Waals surface area contributed by atoms with Gasteiger partial charge in [0.1, 0.15) is 9.84 Å². The Bertz CT molecular complexity index is 494. The lowest BCUT2D eigenvalue weighted by molar-refractivity contribution is 0.0803. The summed E-state index contributed by atoms with van der Waals surface area (Å²) in [4.78, 5) is 14.1. The number of benzene rings is 1. The molecule has 1 amide bonds. The standard InChI is InChI=1S/C11H15NO3S2/c1-12(7-8-17(2,14)15)11(13)9-3-5-10(16)6-4-9/h3-6,16H,7-8H2,1-2H3. The normalized spacial score (nSPS) is 11.2. The summed E-state index contributed by atoms with van der Waals surface area (Å²) in [5, 5.41) is 0. The summed E-state index contributed by atoms with van der Waals surface area (Å²) in [6.07, 6.45) is 1.15. The Morgan fingerprint density at radius 2 is 1.82 bits per heavy atom. The first-order chi connectivity index (χ1) is 7.79. The summed E-state index contributed by atoms with van der Waals surface area (Å²) in [5.74, 6) is -0.220. The van der Waals surface area contributed by atoms with E-state index in [1.54, 1.807) is 31.3 Å². The quantitative estimate of drug-likeness (QED) is 0.836. The summed E-state index contributed by atoms with van der Waals surface area (Å²) in [6, 6.07) is 6.78. The van der Waals surface area contributed by atoms with Crippen LogP contribution in [0.4, 0.5) is 0 Å². The molecule has 0 aliphatic rings. The van der Waals surface area contributed by atoms with Crippen LogP contribution in [0.3, 0.4) is 0 Å². The molecule has 0 aliphatic heterocycles. The van der Waals surface area contributed by atoms with Gasteiger partial charge in [0.15, 0.2) is 0 Å². The van der Waals surface area contributed by atoms with Gasteiger partial charge in [-0.2, -0.15) is 0 Å². The highest BCUT2D eigenvalue weighted by Gasteiger charge is 2.13. The summed E-state index contributed by atoms with van der Waals surface area (Å²) < 4.78 is 22.0. The van der Waals surface area contributed by atoms with E-state index in [0.29, 0.717) is 5.56 Å². The minimum atomic E-state index is -3.05. The molecule has 0 aromatic heterocycles. The summed E-state index contributed by atoms with van der Waals surface area (Å²) in [6.45, 7) is 0.195. The van der Waals surface area contributed by atoms with Crippen molar-refractivity contribution in [1.82, 2.24) is 4.90 Å². The van der Waals surface area contributed by atoms with Gasteiger partial charge in [-0.3, -0.25) is 4.79 Å². The summed E-state index contributed by atoms with van der Waals surface area (Å²) >= 11 is 4.13. The molecule has 94 valence electrons. The lowest BCUT2D eigenvalue weighted by Gasteiger charge is -2.16. The van der Waals surface area contributed by atoms with Gasteiger partial charge in [0.25, 0.3) is 5.91 Å². The van der Waals surface area contributed by atoms with Crippen LogP contribution >= 0.6 is 12.6 Å². The Balaban J connectivity index is 2.67. The van der Waals surface area contributed by atoms with Gasteiger partial charge in [-0.1, -0.05) is 0 Å². The van der Waals surface area contributed by atoms with E-state index in [2.05, 4.69) is 12.6 Å². The van der Waals surface area contributed by atoms with Crippen molar-refractivity contribution in [3.8, 4) is 0 Å². The second-order valence-electron chi connectivity index (χ2n) is 3.90. The SMILES string of the molecule is CN(CCS(C)(=O)=O)C(=O)c1ccc(S)cc1. The zero-order chi connectivity index (χ0) is 13.1. The molecule has 0 heterocycles. The van der Waals surface area contributed by atoms with Gasteiger partial charge in [-0.15, -0.1) is 12.6 Å². The van der Waals surface area contributed by atoms with Crippen LogP contribution in [0, 0.1) is 0 Å². The monoisotopic (exact) mass is 273 g/mol. The molecule has 0 unspecified atom stereocenters. The van der Waals surface area contributed by atoms with Crippen LogP contribution in [0.15, 0.2) is 29.2 Å². The maximum atomic E-state index is 11.9. The molecule has 6 heteroatoms. The molecule has 0 radical (unpaired) electrons. The minimum absolute atomic E-state index is 0.0279. The highest BCUT2D eigenvalue weighted by atomic mass is 32.2. The van der Waals surface area contributed by atoms with Crippen molar-refractivity contribution >= 4 is 28.4 Å². The van der Waals surface area contributed by atoms with Crippen LogP contribution in [0.25, 0.3) is 0 Å². The number of sulfone groups is 1. The lowest BCUT2D eigenvalue weighted by atomic mass is 10.2. The molecule has 0 saturated carbocycles. The van der Waals surface area contributed by atoms with Gasteiger partial charge in [0.2, 0.25) is 0 Å². The Morgan fingerprint density at radius 3 is 2.29 bits per heavy atom. The van der Waals surface area contributed by atoms with Gasteiger partial charge >= 0.3 is 0 Å². The first-order valence-electron chi connectivity index (χ1n) is 5.02. The average Bonchev–Trinajstić information content (AvgIpc) is 2.25. The number of thiol groups is 1. The maximum Gasteiger partial charge on any atom is 0.253 e. The molecule has 0 N–H and O–H groups in total. The van der Waals surface area contributed by atoms with Crippen molar-refractivity contribution in [2.45, 2.75) is 4.90 Å². The van der Waals surface area contributed by atoms with E-state index in [-0.39, 0.29) is 18.2 Å². The number of hydrogen-bond acceptors (Lipinski definition) is 4. The zero-order valence-electron chi connectivity index (χ0n) is 9.75. The summed E-state index contributed by atoms with van der Waals surface area (Å²) in [5.41, 5.74) is 0.527. The van der Waals surface area contributed by atoms with Crippen molar-refractivity contribution in [3.05, 3.63) is 29.8 Å². The lowest BCUT2D eigenvalue weighted by Crippen LogP contribution is -2.31. The molecule has 1 aromatic rings. The number of amides is 1. The molecule has 0 spiro atoms. The van der Waals surface area contributed by atoms with Crippen LogP contribution in [-0.4, -0.2) is 44.8 Å². The van der Waals surface area contributed by atoms with Crippen molar-refractivity contribution in [3.63, 3.8) is 0 Å². The van der Waals surface area contributed by atoms with E-state index in [0.717, 1.165) is 11.2 Å². The molecular weight excluding hydrogens is 258 g/mol. The number of rotatable bonds is 4. The van der Waals surface area contributed by atoms with Crippen molar-refractivity contribution in [2.75, 3.05) is 25.6 Å². The van der Waals surface area contributed by atoms with Gasteiger partial charge in [0.05, 0.1) is 5.75 Å². The molecule has 0 saturated heterocycles. The fraction of sp³-hybridized carbons (Fsp3) is 0.364. The number of carbonyl (C=O) groups excluding carboxylic acids is 1. The van der Waals surface area contributed by atoms with Crippen LogP contribution < -0.4 is 0 Å². The van der Waals surface area contributed by atoms with Crippen LogP contribution in [-0.2, 0) is 9.84 Å². The highest BCUT2D eigenvalue weighted by Crippen LogP contribution is 2.09. The molecule has 0 aliphatic carbocycles. The molecule has 1 aromatic carbocycles. The topological polar surface area (TPSA) is 54.5 Å². The predicted octanol–water partition coefficient (Wildman–Crippen LogP) is 1.09. The Kier molecular flexibility index (Phi) is 4.59. The summed E-state index contributed by atoms with van der Waals surface area (Å²) in [7, 11) is -1.46. The second kappa shape index (κ2) is 5.55. The second-order valence-corrected chi connectivity index (χ2v) is 6.68. The Labute approximate surface area is 107 Å². The Morgan fingerprint density at radius 1 is 1.29 bits per heavy atom. The predicted molar refractivity (Wildman–Crippen MR) is 70.4 cm³/mol. The van der Waals surface area contributed by atoms with E-state index in [1.807, 2.05) is 0 Å². The van der Waals surface area contributed by atoms with E-state index >= 15 is 0 Å². The molecule has 17 heavy (non-hydrogen) atoms. The van der Waals surface area contributed by atoms with Gasteiger partial charge < -0.3 is 4.90 Å². The van der Waals surface area contributed by atoms with Crippen molar-refractivity contribution < 1.29 is 13.2 Å². The molecule has 0 bridgehead atoms. The van der Waals surface area contributed by atoms with E-state index in [4.69, 9.17) is 0 Å². The largest absolute Gasteiger partial charge is 0.341 e. The fourth-order valence-electron chi connectivity index (χ4n) is 1.23. The van der Waals surface area contributed by atoms with E-state index in [1.165, 1.54) is 4.90 Å². The van der Waals surface area contributed by atoms with Crippen LogP contribution in [0.5, 0.6) is 0 Å². The third-order valence-electron chi connectivity index (χ3n) is 2.26. The molecule has 0 fully saturated rings. The van der Waals surface area contributed by atoms with E-state index < -0.39 is 9.84 Å². The number of carbonyl (C=O) groups is 1. The van der Waals surface area contributed by atoms with Crippen molar-refractivity contribution in [2.24, 2.45) is 0 Å². The third kappa shape index (κ3) is 4.79. The molecule has 1 rings (SSSR count). The smallest absolute Gasteiger partial charge is 0.253 e. The highest BCUT2D eigenvalue weighted by molar-refractivity contribution is 7.90. The Hall–Kier alpha value is -1.01. The third-order valence-corrected chi connectivity index (χ3v) is 3.48. The molecule has 0 atom stereocenters. The van der Waals surface area contributed by atoms with Gasteiger partial charge in [-0.25, -0.2) is 8.42 Å². The number of hydrogen-bond donors (Lipinski definition) is 1. The van der Waals surface area contributed by atoms with E-state index in [9.17, 15) is 13.2 Å². The van der Waals surface area contributed by atoms with Gasteiger partial charge in [0, 0.05) is 30.3 Å². The first kappa shape index (κ1) is 14.1. The minimum Gasteiger partial charge on any atom is -0.341 e.